The molecule has 1 saturated heterocycles. The number of aromatic nitrogens is 2. The van der Waals surface area contributed by atoms with Crippen molar-refractivity contribution in [1.29, 1.82) is 0 Å². The molecule has 0 bridgehead atoms. The lowest BCUT2D eigenvalue weighted by Crippen LogP contribution is -2.29. The van der Waals surface area contributed by atoms with Gasteiger partial charge in [-0.2, -0.15) is 4.98 Å². The van der Waals surface area contributed by atoms with Crippen LogP contribution in [0.3, 0.4) is 0 Å². The summed E-state index contributed by atoms with van der Waals surface area (Å²) in [7, 11) is 5.37. The van der Waals surface area contributed by atoms with E-state index < -0.39 is 0 Å². The second-order valence-corrected chi connectivity index (χ2v) is 5.60. The maximum Gasteiger partial charge on any atom is 0.230 e. The molecule has 2 heterocycles. The molecule has 1 aliphatic rings. The van der Waals surface area contributed by atoms with Crippen molar-refractivity contribution in [2.45, 2.75) is 18.8 Å². The van der Waals surface area contributed by atoms with Crippen LogP contribution in [0.25, 0.3) is 11.4 Å². The third-order valence-corrected chi connectivity index (χ3v) is 4.15. The van der Waals surface area contributed by atoms with E-state index in [0.717, 1.165) is 37.4 Å². The first-order valence-electron chi connectivity index (χ1n) is 7.46. The molecule has 0 aliphatic carbocycles. The van der Waals surface area contributed by atoms with E-state index >= 15 is 0 Å². The first-order chi connectivity index (χ1) is 10.7. The molecule has 6 nitrogen and oxygen atoms in total. The Morgan fingerprint density at radius 2 is 1.86 bits per heavy atom. The predicted octanol–water partition coefficient (Wildman–Crippen LogP) is 2.56. The van der Waals surface area contributed by atoms with Gasteiger partial charge in [0.05, 0.1) is 14.2 Å². The molecule has 0 N–H and O–H groups in total. The van der Waals surface area contributed by atoms with Gasteiger partial charge in [-0.05, 0) is 51.2 Å². The molecule has 0 unspecified atom stereocenters. The van der Waals surface area contributed by atoms with E-state index in [9.17, 15) is 0 Å². The number of benzene rings is 1. The minimum Gasteiger partial charge on any atom is -0.493 e. The van der Waals surface area contributed by atoms with Gasteiger partial charge >= 0.3 is 0 Å². The fourth-order valence-corrected chi connectivity index (χ4v) is 2.75. The zero-order chi connectivity index (χ0) is 15.5. The van der Waals surface area contributed by atoms with Crippen molar-refractivity contribution in [3.8, 4) is 22.9 Å². The molecule has 1 aromatic carbocycles. The summed E-state index contributed by atoms with van der Waals surface area (Å²) in [6.07, 6.45) is 2.12. The van der Waals surface area contributed by atoms with E-state index in [2.05, 4.69) is 22.1 Å². The van der Waals surface area contributed by atoms with Gasteiger partial charge in [-0.15, -0.1) is 0 Å². The van der Waals surface area contributed by atoms with Crippen LogP contribution >= 0.6 is 0 Å². The first-order valence-corrected chi connectivity index (χ1v) is 7.46. The number of hydrogen-bond donors (Lipinski definition) is 0. The highest BCUT2D eigenvalue weighted by atomic mass is 16.5. The monoisotopic (exact) mass is 303 g/mol. The van der Waals surface area contributed by atoms with E-state index in [1.165, 1.54) is 0 Å². The van der Waals surface area contributed by atoms with Gasteiger partial charge in [-0.1, -0.05) is 5.16 Å². The van der Waals surface area contributed by atoms with Crippen LogP contribution in [0, 0.1) is 0 Å². The molecule has 3 rings (SSSR count). The number of ether oxygens (including phenoxy) is 2. The molecule has 0 atom stereocenters. The standard InChI is InChI=1S/C16H21N3O3/c1-19-8-6-11(7-9-19)16-17-15(18-22-16)12-4-5-13(20-2)14(10-12)21-3/h4-5,10-11H,6-9H2,1-3H3. The Kier molecular flexibility index (Phi) is 4.29. The van der Waals surface area contributed by atoms with E-state index in [0.29, 0.717) is 23.2 Å². The van der Waals surface area contributed by atoms with Gasteiger partial charge in [0.15, 0.2) is 11.5 Å². The lowest BCUT2D eigenvalue weighted by Gasteiger charge is -2.26. The molecule has 6 heteroatoms. The van der Waals surface area contributed by atoms with Crippen LogP contribution in [0.15, 0.2) is 22.7 Å². The lowest BCUT2D eigenvalue weighted by molar-refractivity contribution is 0.227. The van der Waals surface area contributed by atoms with Gasteiger partial charge in [0, 0.05) is 11.5 Å². The fraction of sp³-hybridized carbons (Fsp3) is 0.500. The molecular weight excluding hydrogens is 282 g/mol. The summed E-state index contributed by atoms with van der Waals surface area (Å²) >= 11 is 0. The smallest absolute Gasteiger partial charge is 0.230 e. The average Bonchev–Trinajstić information content (AvgIpc) is 3.05. The van der Waals surface area contributed by atoms with Crippen LogP contribution in [-0.4, -0.2) is 49.4 Å². The number of likely N-dealkylation sites (tertiary alicyclic amines) is 1. The summed E-state index contributed by atoms with van der Waals surface area (Å²) in [6.45, 7) is 2.14. The summed E-state index contributed by atoms with van der Waals surface area (Å²) in [5.74, 6) is 3.03. The van der Waals surface area contributed by atoms with Gasteiger partial charge in [0.25, 0.3) is 0 Å². The molecule has 1 aliphatic heterocycles. The highest BCUT2D eigenvalue weighted by molar-refractivity contribution is 5.60. The fourth-order valence-electron chi connectivity index (χ4n) is 2.75. The van der Waals surface area contributed by atoms with Crippen LogP contribution in [0.4, 0.5) is 0 Å². The van der Waals surface area contributed by atoms with Gasteiger partial charge in [-0.3, -0.25) is 0 Å². The number of nitrogens with zero attached hydrogens (tertiary/aromatic N) is 3. The Bertz CT molecular complexity index is 633. The molecule has 1 fully saturated rings. The van der Waals surface area contributed by atoms with Crippen LogP contribution in [0.2, 0.25) is 0 Å². The largest absolute Gasteiger partial charge is 0.493 e. The van der Waals surface area contributed by atoms with Crippen molar-refractivity contribution >= 4 is 0 Å². The van der Waals surface area contributed by atoms with Crippen molar-refractivity contribution in [2.24, 2.45) is 0 Å². The van der Waals surface area contributed by atoms with E-state index in [1.54, 1.807) is 14.2 Å². The Labute approximate surface area is 130 Å². The van der Waals surface area contributed by atoms with Gasteiger partial charge < -0.3 is 18.9 Å². The normalized spacial score (nSPS) is 16.7. The average molecular weight is 303 g/mol. The number of piperidine rings is 1. The molecule has 1 aromatic heterocycles. The van der Waals surface area contributed by atoms with Gasteiger partial charge in [-0.25, -0.2) is 0 Å². The second-order valence-electron chi connectivity index (χ2n) is 5.60. The number of hydrogen-bond acceptors (Lipinski definition) is 6. The van der Waals surface area contributed by atoms with Crippen LogP contribution < -0.4 is 9.47 Å². The zero-order valence-electron chi connectivity index (χ0n) is 13.2. The SMILES string of the molecule is COc1ccc(-c2noc(C3CCN(C)CC3)n2)cc1OC. The highest BCUT2D eigenvalue weighted by Gasteiger charge is 2.24. The van der Waals surface area contributed by atoms with Crippen LogP contribution in [0.5, 0.6) is 11.5 Å². The Balaban J connectivity index is 1.81. The van der Waals surface area contributed by atoms with Crippen molar-refractivity contribution in [3.05, 3.63) is 24.1 Å². The van der Waals surface area contributed by atoms with Crippen LogP contribution in [-0.2, 0) is 0 Å². The first kappa shape index (κ1) is 14.8. The van der Waals surface area contributed by atoms with Gasteiger partial charge in [0.1, 0.15) is 0 Å². The Morgan fingerprint density at radius 1 is 1.14 bits per heavy atom. The van der Waals surface area contributed by atoms with E-state index in [1.807, 2.05) is 18.2 Å². The maximum absolute atomic E-state index is 5.47. The molecule has 2 aromatic rings. The molecule has 0 amide bonds. The predicted molar refractivity (Wildman–Crippen MR) is 82.3 cm³/mol. The van der Waals surface area contributed by atoms with Crippen molar-refractivity contribution < 1.29 is 14.0 Å². The topological polar surface area (TPSA) is 60.6 Å². The van der Waals surface area contributed by atoms with E-state index in [-0.39, 0.29) is 0 Å². The third kappa shape index (κ3) is 2.92. The number of rotatable bonds is 4. The van der Waals surface area contributed by atoms with Gasteiger partial charge in [0.2, 0.25) is 11.7 Å². The Morgan fingerprint density at radius 3 is 2.55 bits per heavy atom. The molecule has 0 radical (unpaired) electrons. The summed E-state index contributed by atoms with van der Waals surface area (Å²) in [5.41, 5.74) is 0.862. The summed E-state index contributed by atoms with van der Waals surface area (Å²) in [6, 6.07) is 5.62. The van der Waals surface area contributed by atoms with Crippen molar-refractivity contribution in [1.82, 2.24) is 15.0 Å². The van der Waals surface area contributed by atoms with Crippen LogP contribution in [0.1, 0.15) is 24.7 Å². The lowest BCUT2D eigenvalue weighted by atomic mass is 9.97. The highest BCUT2D eigenvalue weighted by Crippen LogP contribution is 2.32. The summed E-state index contributed by atoms with van der Waals surface area (Å²) in [5, 5.41) is 4.12. The van der Waals surface area contributed by atoms with Crippen molar-refractivity contribution in [2.75, 3.05) is 34.4 Å². The minimum absolute atomic E-state index is 0.359. The maximum atomic E-state index is 5.47. The molecule has 0 saturated carbocycles. The summed E-state index contributed by atoms with van der Waals surface area (Å²) < 4.78 is 16.0. The molecule has 118 valence electrons. The molecule has 0 spiro atoms. The quantitative estimate of drug-likeness (QED) is 0.865. The number of methoxy groups -OCH3 is 2. The zero-order valence-corrected chi connectivity index (χ0v) is 13.2. The van der Waals surface area contributed by atoms with E-state index in [4.69, 9.17) is 14.0 Å². The van der Waals surface area contributed by atoms with Crippen molar-refractivity contribution in [3.63, 3.8) is 0 Å². The summed E-state index contributed by atoms with van der Waals surface area (Å²) in [4.78, 5) is 6.89. The third-order valence-electron chi connectivity index (χ3n) is 4.15. The second kappa shape index (κ2) is 6.36. The molecular formula is C16H21N3O3. The molecule has 22 heavy (non-hydrogen) atoms. The minimum atomic E-state index is 0.359. The Hall–Kier alpha value is -2.08.